The van der Waals surface area contributed by atoms with E-state index in [0.29, 0.717) is 0 Å². The molecule has 0 N–H and O–H groups in total. The SMILES string of the molecule is COC(=O)/C=C(\c1ccccc1)c1cc(C)sc1C. The second-order valence-electron chi connectivity index (χ2n) is 4.27. The van der Waals surface area contributed by atoms with Gasteiger partial charge in [-0.2, -0.15) is 0 Å². The average molecular weight is 272 g/mol. The van der Waals surface area contributed by atoms with Crippen molar-refractivity contribution < 1.29 is 9.53 Å². The van der Waals surface area contributed by atoms with Crippen LogP contribution in [0.5, 0.6) is 0 Å². The van der Waals surface area contributed by atoms with Crippen molar-refractivity contribution in [2.75, 3.05) is 7.11 Å². The van der Waals surface area contributed by atoms with Gasteiger partial charge in [-0.05, 0) is 36.6 Å². The maximum atomic E-state index is 11.6. The third-order valence-electron chi connectivity index (χ3n) is 2.88. The molecule has 1 aromatic heterocycles. The maximum absolute atomic E-state index is 11.6. The molecule has 0 aliphatic rings. The minimum Gasteiger partial charge on any atom is -0.466 e. The monoisotopic (exact) mass is 272 g/mol. The van der Waals surface area contributed by atoms with E-state index in [-0.39, 0.29) is 5.97 Å². The number of hydrogen-bond donors (Lipinski definition) is 0. The Morgan fingerprint density at radius 1 is 1.21 bits per heavy atom. The van der Waals surface area contributed by atoms with Crippen molar-refractivity contribution in [3.63, 3.8) is 0 Å². The molecule has 98 valence electrons. The number of esters is 1. The summed E-state index contributed by atoms with van der Waals surface area (Å²) in [6, 6.07) is 12.0. The van der Waals surface area contributed by atoms with Crippen LogP contribution >= 0.6 is 11.3 Å². The van der Waals surface area contributed by atoms with E-state index in [1.165, 1.54) is 16.9 Å². The zero-order valence-corrected chi connectivity index (χ0v) is 12.1. The predicted octanol–water partition coefficient (Wildman–Crippen LogP) is 3.97. The zero-order valence-electron chi connectivity index (χ0n) is 11.3. The molecule has 0 fully saturated rings. The molecule has 0 saturated carbocycles. The third-order valence-corrected chi connectivity index (χ3v) is 3.85. The molecule has 0 saturated heterocycles. The van der Waals surface area contributed by atoms with Crippen molar-refractivity contribution in [1.29, 1.82) is 0 Å². The molecule has 0 bridgehead atoms. The number of thiophene rings is 1. The first-order chi connectivity index (χ1) is 9.11. The van der Waals surface area contributed by atoms with Crippen molar-refractivity contribution in [1.82, 2.24) is 0 Å². The third kappa shape index (κ3) is 3.12. The molecule has 19 heavy (non-hydrogen) atoms. The van der Waals surface area contributed by atoms with Gasteiger partial charge in [-0.1, -0.05) is 30.3 Å². The Labute approximate surface area is 117 Å². The fourth-order valence-electron chi connectivity index (χ4n) is 2.01. The molecule has 0 atom stereocenters. The van der Waals surface area contributed by atoms with E-state index < -0.39 is 0 Å². The highest BCUT2D eigenvalue weighted by atomic mass is 32.1. The first kappa shape index (κ1) is 13.6. The Morgan fingerprint density at radius 2 is 1.89 bits per heavy atom. The molecule has 0 aliphatic carbocycles. The number of carbonyl (C=O) groups is 1. The second kappa shape index (κ2) is 5.85. The summed E-state index contributed by atoms with van der Waals surface area (Å²) in [5.74, 6) is -0.331. The van der Waals surface area contributed by atoms with Crippen LogP contribution in [0.3, 0.4) is 0 Å². The lowest BCUT2D eigenvalue weighted by molar-refractivity contribution is -0.134. The smallest absolute Gasteiger partial charge is 0.331 e. The Balaban J connectivity index is 2.56. The zero-order chi connectivity index (χ0) is 13.8. The highest BCUT2D eigenvalue weighted by molar-refractivity contribution is 7.12. The van der Waals surface area contributed by atoms with Gasteiger partial charge < -0.3 is 4.74 Å². The van der Waals surface area contributed by atoms with E-state index in [1.807, 2.05) is 30.3 Å². The van der Waals surface area contributed by atoms with Gasteiger partial charge in [-0.15, -0.1) is 11.3 Å². The lowest BCUT2D eigenvalue weighted by Crippen LogP contribution is -1.98. The minimum absolute atomic E-state index is 0.331. The molecule has 0 amide bonds. The highest BCUT2D eigenvalue weighted by Crippen LogP contribution is 2.31. The van der Waals surface area contributed by atoms with Crippen molar-refractivity contribution in [2.45, 2.75) is 13.8 Å². The van der Waals surface area contributed by atoms with Crippen LogP contribution in [0.2, 0.25) is 0 Å². The van der Waals surface area contributed by atoms with Crippen LogP contribution in [0.4, 0.5) is 0 Å². The van der Waals surface area contributed by atoms with E-state index in [9.17, 15) is 4.79 Å². The summed E-state index contributed by atoms with van der Waals surface area (Å²) >= 11 is 1.73. The van der Waals surface area contributed by atoms with E-state index in [1.54, 1.807) is 17.4 Å². The van der Waals surface area contributed by atoms with Gasteiger partial charge in [-0.3, -0.25) is 0 Å². The predicted molar refractivity (Wildman–Crippen MR) is 79.3 cm³/mol. The molecule has 0 radical (unpaired) electrons. The molecule has 2 nitrogen and oxygen atoms in total. The first-order valence-electron chi connectivity index (χ1n) is 6.04. The van der Waals surface area contributed by atoms with Crippen molar-refractivity contribution >= 4 is 22.9 Å². The molecule has 0 unspecified atom stereocenters. The Bertz CT molecular complexity index is 609. The van der Waals surface area contributed by atoms with Gasteiger partial charge in [0.15, 0.2) is 0 Å². The van der Waals surface area contributed by atoms with Crippen LogP contribution in [-0.4, -0.2) is 13.1 Å². The Kier molecular flexibility index (Phi) is 4.17. The number of methoxy groups -OCH3 is 1. The Morgan fingerprint density at radius 3 is 2.42 bits per heavy atom. The van der Waals surface area contributed by atoms with Crippen molar-refractivity contribution in [2.24, 2.45) is 0 Å². The largest absolute Gasteiger partial charge is 0.466 e. The molecule has 1 heterocycles. The standard InChI is InChI=1S/C16H16O2S/c1-11-9-14(12(2)19-11)15(10-16(17)18-3)13-7-5-4-6-8-13/h4-10H,1-3H3/b15-10+. The topological polar surface area (TPSA) is 26.3 Å². The van der Waals surface area contributed by atoms with E-state index in [4.69, 9.17) is 4.74 Å². The molecule has 2 aromatic rings. The van der Waals surface area contributed by atoms with E-state index >= 15 is 0 Å². The summed E-state index contributed by atoms with van der Waals surface area (Å²) in [5, 5.41) is 0. The van der Waals surface area contributed by atoms with Crippen molar-refractivity contribution in [3.8, 4) is 0 Å². The van der Waals surface area contributed by atoms with E-state index in [2.05, 4.69) is 19.9 Å². The molecule has 0 spiro atoms. The van der Waals surface area contributed by atoms with Gasteiger partial charge in [0, 0.05) is 15.8 Å². The first-order valence-corrected chi connectivity index (χ1v) is 6.86. The molecular weight excluding hydrogens is 256 g/mol. The van der Waals surface area contributed by atoms with Gasteiger partial charge in [-0.25, -0.2) is 4.79 Å². The molecule has 3 heteroatoms. The Hall–Kier alpha value is -1.87. The number of rotatable bonds is 3. The average Bonchev–Trinajstić information content (AvgIpc) is 2.75. The fourth-order valence-corrected chi connectivity index (χ4v) is 2.95. The molecule has 0 aliphatic heterocycles. The van der Waals surface area contributed by atoms with Crippen molar-refractivity contribution in [3.05, 3.63) is 63.4 Å². The van der Waals surface area contributed by atoms with Crippen LogP contribution < -0.4 is 0 Å². The summed E-state index contributed by atoms with van der Waals surface area (Å²) in [4.78, 5) is 14.0. The van der Waals surface area contributed by atoms with Crippen LogP contribution in [0.25, 0.3) is 5.57 Å². The van der Waals surface area contributed by atoms with E-state index in [0.717, 1.165) is 16.7 Å². The summed E-state index contributed by atoms with van der Waals surface area (Å²) in [6.45, 7) is 4.14. The number of aryl methyl sites for hydroxylation is 2. The van der Waals surface area contributed by atoms with Gasteiger partial charge in [0.1, 0.15) is 0 Å². The summed E-state index contributed by atoms with van der Waals surface area (Å²) in [6.07, 6.45) is 1.56. The lowest BCUT2D eigenvalue weighted by Gasteiger charge is -2.07. The van der Waals surface area contributed by atoms with Gasteiger partial charge in [0.05, 0.1) is 7.11 Å². The quantitative estimate of drug-likeness (QED) is 0.624. The van der Waals surface area contributed by atoms with Gasteiger partial charge in [0.25, 0.3) is 0 Å². The molecular formula is C16H16O2S. The maximum Gasteiger partial charge on any atom is 0.331 e. The minimum atomic E-state index is -0.331. The highest BCUT2D eigenvalue weighted by Gasteiger charge is 2.12. The lowest BCUT2D eigenvalue weighted by atomic mass is 9.98. The van der Waals surface area contributed by atoms with Crippen LogP contribution in [-0.2, 0) is 9.53 Å². The number of hydrogen-bond acceptors (Lipinski definition) is 3. The normalized spacial score (nSPS) is 11.4. The van der Waals surface area contributed by atoms with Crippen LogP contribution in [0.15, 0.2) is 42.5 Å². The summed E-state index contributed by atoms with van der Waals surface area (Å²) < 4.78 is 4.76. The number of benzene rings is 1. The number of carbonyl (C=O) groups excluding carboxylic acids is 1. The van der Waals surface area contributed by atoms with Crippen LogP contribution in [0.1, 0.15) is 20.9 Å². The fraction of sp³-hybridized carbons (Fsp3) is 0.188. The van der Waals surface area contributed by atoms with Gasteiger partial charge >= 0.3 is 5.97 Å². The molecule has 1 aromatic carbocycles. The second-order valence-corrected chi connectivity index (χ2v) is 5.73. The summed E-state index contributed by atoms with van der Waals surface area (Å²) in [7, 11) is 1.40. The van der Waals surface area contributed by atoms with Crippen LogP contribution in [0, 0.1) is 13.8 Å². The molecule has 2 rings (SSSR count). The van der Waals surface area contributed by atoms with Gasteiger partial charge in [0.2, 0.25) is 0 Å². The summed E-state index contributed by atoms with van der Waals surface area (Å²) in [5.41, 5.74) is 3.03. The number of ether oxygens (including phenoxy) is 1.